The lowest BCUT2D eigenvalue weighted by Gasteiger charge is -2.12. The molecule has 2 heterocycles. The Kier molecular flexibility index (Phi) is 7.95. The van der Waals surface area contributed by atoms with Gasteiger partial charge in [0.2, 0.25) is 5.91 Å². The Balaban J connectivity index is 0.000000687. The summed E-state index contributed by atoms with van der Waals surface area (Å²) in [7, 11) is 0. The molecule has 0 saturated carbocycles. The quantitative estimate of drug-likeness (QED) is 0.488. The molecule has 0 unspecified atom stereocenters. The first-order valence-electron chi connectivity index (χ1n) is 8.34. The molecule has 1 aromatic carbocycles. The number of hydrogen-bond donors (Lipinski definition) is 3. The highest BCUT2D eigenvalue weighted by atomic mass is 32.2. The van der Waals surface area contributed by atoms with Crippen LogP contribution in [-0.2, 0) is 20.9 Å². The Morgan fingerprint density at radius 1 is 1.28 bits per heavy atom. The number of pyridine rings is 1. The second-order valence-electron chi connectivity index (χ2n) is 5.93. The molecular weight excluding hydrogens is 402 g/mol. The fraction of sp³-hybridized carbons (Fsp3) is 0.222. The smallest absolute Gasteiger partial charge is 0.416 e. The van der Waals surface area contributed by atoms with Crippen molar-refractivity contribution in [3.63, 3.8) is 0 Å². The number of carbonyl (C=O) groups excluding carboxylic acids is 3. The second kappa shape index (κ2) is 10.4. The third kappa shape index (κ3) is 6.75. The summed E-state index contributed by atoms with van der Waals surface area (Å²) in [5, 5.41) is 2.63. The molecular formula is C18H19N3O7S. The lowest BCUT2D eigenvalue weighted by molar-refractivity contribution is -0.119. The van der Waals surface area contributed by atoms with Gasteiger partial charge in [0.05, 0.1) is 13.1 Å². The van der Waals surface area contributed by atoms with Crippen LogP contribution in [0.2, 0.25) is 0 Å². The van der Waals surface area contributed by atoms with E-state index in [-0.39, 0.29) is 12.5 Å². The van der Waals surface area contributed by atoms with Gasteiger partial charge in [0.15, 0.2) is 0 Å². The van der Waals surface area contributed by atoms with Gasteiger partial charge in [-0.3, -0.25) is 23.6 Å². The summed E-state index contributed by atoms with van der Waals surface area (Å²) in [4.78, 5) is 39.4. The lowest BCUT2D eigenvalue weighted by atomic mass is 10.1. The highest BCUT2D eigenvalue weighted by Gasteiger charge is 2.33. The third-order valence-corrected chi connectivity index (χ3v) is 3.86. The van der Waals surface area contributed by atoms with Gasteiger partial charge in [0.1, 0.15) is 18.2 Å². The minimum atomic E-state index is -2.61. The van der Waals surface area contributed by atoms with Gasteiger partial charge >= 0.3 is 6.09 Å². The van der Waals surface area contributed by atoms with Gasteiger partial charge in [-0.05, 0) is 17.7 Å². The van der Waals surface area contributed by atoms with E-state index in [1.54, 1.807) is 24.4 Å². The summed E-state index contributed by atoms with van der Waals surface area (Å²) in [6, 6.07) is 10.8. The Morgan fingerprint density at radius 2 is 1.90 bits per heavy atom. The number of rotatable bonds is 5. The zero-order valence-corrected chi connectivity index (χ0v) is 16.2. The van der Waals surface area contributed by atoms with Gasteiger partial charge in [-0.2, -0.15) is 4.21 Å². The first-order valence-corrected chi connectivity index (χ1v) is 9.40. The van der Waals surface area contributed by atoms with Crippen LogP contribution in [0.1, 0.15) is 17.3 Å². The number of cyclic esters (lactones) is 1. The fourth-order valence-corrected chi connectivity index (χ4v) is 2.54. The fourth-order valence-electron chi connectivity index (χ4n) is 2.54. The van der Waals surface area contributed by atoms with Gasteiger partial charge in [-0.1, -0.05) is 24.3 Å². The second-order valence-corrected chi connectivity index (χ2v) is 6.39. The number of amides is 2. The van der Waals surface area contributed by atoms with E-state index in [2.05, 4.69) is 10.3 Å². The molecule has 0 aliphatic carbocycles. The van der Waals surface area contributed by atoms with Crippen LogP contribution in [0.25, 0.3) is 11.1 Å². The minimum Gasteiger partial charge on any atom is -0.442 e. The highest BCUT2D eigenvalue weighted by Crippen LogP contribution is 2.24. The van der Waals surface area contributed by atoms with Crippen LogP contribution >= 0.6 is 0 Å². The molecule has 1 aliphatic heterocycles. The van der Waals surface area contributed by atoms with Crippen molar-refractivity contribution in [2.75, 3.05) is 18.0 Å². The topological polar surface area (TPSA) is 146 Å². The monoisotopic (exact) mass is 421 g/mol. The maximum Gasteiger partial charge on any atom is 0.416 e. The number of hydrogen-bond acceptors (Lipinski definition) is 6. The van der Waals surface area contributed by atoms with Crippen LogP contribution < -0.4 is 10.2 Å². The first kappa shape index (κ1) is 22.1. The van der Waals surface area contributed by atoms with Crippen LogP contribution in [0.3, 0.4) is 0 Å². The normalized spacial score (nSPS) is 15.4. The number of carbonyl (C=O) groups is 3. The largest absolute Gasteiger partial charge is 0.442 e. The van der Waals surface area contributed by atoms with E-state index in [1.165, 1.54) is 11.8 Å². The van der Waals surface area contributed by atoms with Gasteiger partial charge in [-0.25, -0.2) is 9.78 Å². The summed E-state index contributed by atoms with van der Waals surface area (Å²) in [5.41, 5.74) is 2.42. The van der Waals surface area contributed by atoms with Crippen molar-refractivity contribution in [1.29, 1.82) is 0 Å². The van der Waals surface area contributed by atoms with Crippen molar-refractivity contribution in [3.05, 3.63) is 48.2 Å². The van der Waals surface area contributed by atoms with E-state index < -0.39 is 23.6 Å². The maximum atomic E-state index is 12.0. The van der Waals surface area contributed by atoms with Crippen LogP contribution in [0, 0.1) is 0 Å². The SMILES string of the molecule is CC(=O)NC[C@H]1CN(c2ccc(-c3ccc(C=O)cc3)cn2)C(=O)O1.O=S(O)O. The van der Waals surface area contributed by atoms with Crippen molar-refractivity contribution in [1.82, 2.24) is 10.3 Å². The molecule has 154 valence electrons. The molecule has 2 amide bonds. The van der Waals surface area contributed by atoms with E-state index >= 15 is 0 Å². The van der Waals surface area contributed by atoms with Crippen molar-refractivity contribution >= 4 is 35.5 Å². The molecule has 1 saturated heterocycles. The Morgan fingerprint density at radius 3 is 2.41 bits per heavy atom. The summed E-state index contributed by atoms with van der Waals surface area (Å²) >= 11 is -2.61. The molecule has 1 aliphatic rings. The van der Waals surface area contributed by atoms with Gasteiger partial charge in [-0.15, -0.1) is 0 Å². The molecule has 11 heteroatoms. The van der Waals surface area contributed by atoms with E-state index in [9.17, 15) is 14.4 Å². The molecule has 2 aromatic rings. The van der Waals surface area contributed by atoms with Gasteiger partial charge in [0.25, 0.3) is 11.4 Å². The standard InChI is InChI=1S/C18H17N3O4.H2O3S/c1-12(23)19-9-16-10-21(18(24)25-16)17-7-6-15(8-20-17)14-4-2-13(11-22)3-5-14;1-4(2)3/h2-8,11,16H,9-10H2,1H3,(H,19,23);(H2,1,2,3)/t16-;/m0./s1. The Bertz CT molecular complexity index is 883. The average Bonchev–Trinajstić information content (AvgIpc) is 3.07. The third-order valence-electron chi connectivity index (χ3n) is 3.86. The molecule has 0 spiro atoms. The van der Waals surface area contributed by atoms with Crippen LogP contribution in [-0.4, -0.2) is 55.8 Å². The molecule has 1 aromatic heterocycles. The minimum absolute atomic E-state index is 0.169. The molecule has 29 heavy (non-hydrogen) atoms. The number of ether oxygens (including phenoxy) is 1. The first-order chi connectivity index (χ1) is 13.8. The zero-order valence-electron chi connectivity index (χ0n) is 15.3. The Labute approximate surface area is 169 Å². The summed E-state index contributed by atoms with van der Waals surface area (Å²) in [5.74, 6) is 0.321. The van der Waals surface area contributed by atoms with E-state index in [0.717, 1.165) is 17.4 Å². The van der Waals surface area contributed by atoms with E-state index in [0.29, 0.717) is 17.9 Å². The van der Waals surface area contributed by atoms with E-state index in [1.807, 2.05) is 18.2 Å². The van der Waals surface area contributed by atoms with Crippen molar-refractivity contribution in [2.24, 2.45) is 0 Å². The summed E-state index contributed by atoms with van der Waals surface area (Å²) in [6.45, 7) is 2.02. The number of benzene rings is 1. The molecule has 3 N–H and O–H groups in total. The van der Waals surface area contributed by atoms with Gasteiger partial charge < -0.3 is 10.1 Å². The highest BCUT2D eigenvalue weighted by molar-refractivity contribution is 7.73. The summed E-state index contributed by atoms with van der Waals surface area (Å²) in [6.07, 6.45) is 1.58. The van der Waals surface area contributed by atoms with E-state index in [4.69, 9.17) is 18.1 Å². The predicted molar refractivity (Wildman–Crippen MR) is 105 cm³/mol. The molecule has 0 radical (unpaired) electrons. The predicted octanol–water partition coefficient (Wildman–Crippen LogP) is 1.70. The molecule has 1 atom stereocenters. The van der Waals surface area contributed by atoms with Crippen molar-refractivity contribution < 1.29 is 32.4 Å². The average molecular weight is 421 g/mol. The van der Waals surface area contributed by atoms with Crippen LogP contribution in [0.4, 0.5) is 10.6 Å². The number of anilines is 1. The molecule has 10 nitrogen and oxygen atoms in total. The molecule has 0 bridgehead atoms. The van der Waals surface area contributed by atoms with Gasteiger partial charge in [0, 0.05) is 24.2 Å². The number of nitrogens with zero attached hydrogens (tertiary/aromatic N) is 2. The number of aldehydes is 1. The van der Waals surface area contributed by atoms with Crippen molar-refractivity contribution in [2.45, 2.75) is 13.0 Å². The maximum absolute atomic E-state index is 12.0. The zero-order chi connectivity index (χ0) is 21.4. The van der Waals surface area contributed by atoms with Crippen LogP contribution in [0.15, 0.2) is 42.6 Å². The number of aromatic nitrogens is 1. The van der Waals surface area contributed by atoms with Crippen LogP contribution in [0.5, 0.6) is 0 Å². The molecule has 3 rings (SSSR count). The Hall–Kier alpha value is -3.15. The number of nitrogens with one attached hydrogen (secondary N) is 1. The molecule has 1 fully saturated rings. The summed E-state index contributed by atoms with van der Waals surface area (Å²) < 4.78 is 28.1. The lowest BCUT2D eigenvalue weighted by Crippen LogP contribution is -2.33. The van der Waals surface area contributed by atoms with Crippen molar-refractivity contribution in [3.8, 4) is 11.1 Å².